The second kappa shape index (κ2) is 5.17. The first kappa shape index (κ1) is 13.0. The molecule has 102 valence electrons. The molecule has 0 spiro atoms. The summed E-state index contributed by atoms with van der Waals surface area (Å²) < 4.78 is 0. The van der Waals surface area contributed by atoms with Crippen LogP contribution in [0.1, 0.15) is 24.1 Å². The molecule has 1 unspecified atom stereocenters. The van der Waals surface area contributed by atoms with Crippen LogP contribution in [0.5, 0.6) is 0 Å². The summed E-state index contributed by atoms with van der Waals surface area (Å²) in [4.78, 5) is 6.55. The molecule has 1 heterocycles. The molecule has 2 aromatic carbocycles. The maximum Gasteiger partial charge on any atom is 0.197 e. The Morgan fingerprint density at radius 3 is 2.65 bits per heavy atom. The Bertz CT molecular complexity index is 666. The van der Waals surface area contributed by atoms with Gasteiger partial charge in [0.05, 0.1) is 11.7 Å². The third-order valence-corrected chi connectivity index (χ3v) is 4.03. The van der Waals surface area contributed by atoms with E-state index in [0.29, 0.717) is 5.96 Å². The standard InChI is InChI=1S/C16H16ClN3/c1-11(13-7-3-4-8-14(13)17)20-10-12-6-2-5-9-15(12)19-16(20)18/h2-9,11H,10H2,1H3,(H2,18,19). The Kier molecular flexibility index (Phi) is 3.36. The highest BCUT2D eigenvalue weighted by molar-refractivity contribution is 6.31. The summed E-state index contributed by atoms with van der Waals surface area (Å²) in [6.45, 7) is 2.84. The van der Waals surface area contributed by atoms with Gasteiger partial charge < -0.3 is 10.6 Å². The normalized spacial score (nSPS) is 15.5. The average Bonchev–Trinajstić information content (AvgIpc) is 2.46. The number of para-hydroxylation sites is 1. The summed E-state index contributed by atoms with van der Waals surface area (Å²) in [7, 11) is 0. The van der Waals surface area contributed by atoms with Gasteiger partial charge in [0.25, 0.3) is 0 Å². The predicted molar refractivity (Wildman–Crippen MR) is 83.1 cm³/mol. The SMILES string of the molecule is CC(c1ccccc1Cl)N1Cc2ccccc2N=C1N. The highest BCUT2D eigenvalue weighted by Gasteiger charge is 2.24. The van der Waals surface area contributed by atoms with Crippen molar-refractivity contribution >= 4 is 23.2 Å². The lowest BCUT2D eigenvalue weighted by molar-refractivity contribution is 0.321. The molecule has 20 heavy (non-hydrogen) atoms. The van der Waals surface area contributed by atoms with Crippen LogP contribution < -0.4 is 5.73 Å². The number of halogens is 1. The molecule has 0 saturated heterocycles. The van der Waals surface area contributed by atoms with Gasteiger partial charge in [0, 0.05) is 11.6 Å². The van der Waals surface area contributed by atoms with E-state index in [9.17, 15) is 0 Å². The van der Waals surface area contributed by atoms with Crippen molar-refractivity contribution in [2.24, 2.45) is 10.7 Å². The van der Waals surface area contributed by atoms with Gasteiger partial charge in [0.2, 0.25) is 0 Å². The monoisotopic (exact) mass is 285 g/mol. The fourth-order valence-corrected chi connectivity index (χ4v) is 2.82. The van der Waals surface area contributed by atoms with Crippen LogP contribution in [0.15, 0.2) is 53.5 Å². The van der Waals surface area contributed by atoms with Crippen LogP contribution in [0.25, 0.3) is 0 Å². The third-order valence-electron chi connectivity index (χ3n) is 3.68. The number of fused-ring (bicyclic) bond motifs is 1. The molecule has 0 aromatic heterocycles. The third kappa shape index (κ3) is 2.25. The van der Waals surface area contributed by atoms with E-state index in [-0.39, 0.29) is 6.04 Å². The molecule has 0 radical (unpaired) electrons. The van der Waals surface area contributed by atoms with E-state index in [4.69, 9.17) is 17.3 Å². The topological polar surface area (TPSA) is 41.6 Å². The number of hydrogen-bond acceptors (Lipinski definition) is 3. The molecule has 2 N–H and O–H groups in total. The molecule has 3 rings (SSSR count). The molecule has 0 bridgehead atoms. The zero-order valence-electron chi connectivity index (χ0n) is 11.3. The first-order valence-electron chi connectivity index (χ1n) is 6.60. The Labute approximate surface area is 123 Å². The number of aliphatic imine (C=N–C) groups is 1. The zero-order valence-corrected chi connectivity index (χ0v) is 12.0. The minimum Gasteiger partial charge on any atom is -0.369 e. The molecule has 0 aliphatic carbocycles. The predicted octanol–water partition coefficient (Wildman–Crippen LogP) is 3.86. The number of guanidine groups is 1. The summed E-state index contributed by atoms with van der Waals surface area (Å²) in [5.74, 6) is 0.538. The molecule has 0 fully saturated rings. The summed E-state index contributed by atoms with van der Waals surface area (Å²) >= 11 is 6.28. The van der Waals surface area contributed by atoms with E-state index in [1.165, 1.54) is 5.56 Å². The second-order valence-electron chi connectivity index (χ2n) is 4.92. The van der Waals surface area contributed by atoms with Crippen LogP contribution in [0, 0.1) is 0 Å². The number of nitrogens with two attached hydrogens (primary N) is 1. The molecule has 0 saturated carbocycles. The van der Waals surface area contributed by atoms with Crippen molar-refractivity contribution in [2.75, 3.05) is 0 Å². The van der Waals surface area contributed by atoms with Crippen molar-refractivity contribution in [1.82, 2.24) is 4.90 Å². The van der Waals surface area contributed by atoms with Gasteiger partial charge in [-0.2, -0.15) is 0 Å². The molecular weight excluding hydrogens is 270 g/mol. The summed E-state index contributed by atoms with van der Waals surface area (Å²) in [6, 6.07) is 16.0. The van der Waals surface area contributed by atoms with Gasteiger partial charge in [0.15, 0.2) is 5.96 Å². The molecule has 4 heteroatoms. The van der Waals surface area contributed by atoms with Gasteiger partial charge in [-0.05, 0) is 30.2 Å². The summed E-state index contributed by atoms with van der Waals surface area (Å²) in [5.41, 5.74) is 9.31. The van der Waals surface area contributed by atoms with E-state index in [1.54, 1.807) is 0 Å². The van der Waals surface area contributed by atoms with E-state index in [0.717, 1.165) is 22.8 Å². The van der Waals surface area contributed by atoms with Gasteiger partial charge >= 0.3 is 0 Å². The number of benzene rings is 2. The van der Waals surface area contributed by atoms with Crippen LogP contribution >= 0.6 is 11.6 Å². The molecule has 1 aliphatic rings. The number of hydrogen-bond donors (Lipinski definition) is 1. The number of rotatable bonds is 2. The molecule has 0 amide bonds. The van der Waals surface area contributed by atoms with E-state index >= 15 is 0 Å². The van der Waals surface area contributed by atoms with Crippen molar-refractivity contribution in [3.63, 3.8) is 0 Å². The Morgan fingerprint density at radius 1 is 1.15 bits per heavy atom. The van der Waals surface area contributed by atoms with Crippen molar-refractivity contribution < 1.29 is 0 Å². The maximum atomic E-state index is 6.28. The van der Waals surface area contributed by atoms with Crippen molar-refractivity contribution in [2.45, 2.75) is 19.5 Å². The van der Waals surface area contributed by atoms with Gasteiger partial charge in [-0.1, -0.05) is 48.0 Å². The zero-order chi connectivity index (χ0) is 14.1. The lowest BCUT2D eigenvalue weighted by Gasteiger charge is -2.34. The largest absolute Gasteiger partial charge is 0.369 e. The smallest absolute Gasteiger partial charge is 0.197 e. The quantitative estimate of drug-likeness (QED) is 0.910. The van der Waals surface area contributed by atoms with E-state index in [2.05, 4.69) is 22.9 Å². The minimum atomic E-state index is 0.0841. The average molecular weight is 286 g/mol. The van der Waals surface area contributed by atoms with Gasteiger partial charge in [-0.15, -0.1) is 0 Å². The van der Waals surface area contributed by atoms with Gasteiger partial charge in [0.1, 0.15) is 0 Å². The second-order valence-corrected chi connectivity index (χ2v) is 5.33. The Morgan fingerprint density at radius 2 is 1.85 bits per heavy atom. The molecule has 2 aromatic rings. The number of nitrogens with zero attached hydrogens (tertiary/aromatic N) is 2. The van der Waals surface area contributed by atoms with Crippen LogP contribution in [0.2, 0.25) is 5.02 Å². The first-order chi connectivity index (χ1) is 9.66. The van der Waals surface area contributed by atoms with Crippen molar-refractivity contribution in [1.29, 1.82) is 0 Å². The first-order valence-corrected chi connectivity index (χ1v) is 6.98. The highest BCUT2D eigenvalue weighted by Crippen LogP contribution is 2.32. The molecular formula is C16H16ClN3. The molecule has 1 atom stereocenters. The fourth-order valence-electron chi connectivity index (χ4n) is 2.52. The fraction of sp³-hybridized carbons (Fsp3) is 0.188. The molecule has 1 aliphatic heterocycles. The summed E-state index contributed by atoms with van der Waals surface area (Å²) in [6.07, 6.45) is 0. The van der Waals surface area contributed by atoms with E-state index in [1.807, 2.05) is 42.5 Å². The van der Waals surface area contributed by atoms with Gasteiger partial charge in [-0.25, -0.2) is 4.99 Å². The lowest BCUT2D eigenvalue weighted by Crippen LogP contribution is -2.40. The van der Waals surface area contributed by atoms with Crippen LogP contribution in [0.4, 0.5) is 5.69 Å². The summed E-state index contributed by atoms with van der Waals surface area (Å²) in [5, 5.41) is 0.756. The van der Waals surface area contributed by atoms with Crippen molar-refractivity contribution in [3.05, 3.63) is 64.7 Å². The van der Waals surface area contributed by atoms with Crippen LogP contribution in [-0.2, 0) is 6.54 Å². The highest BCUT2D eigenvalue weighted by atomic mass is 35.5. The van der Waals surface area contributed by atoms with E-state index < -0.39 is 0 Å². The van der Waals surface area contributed by atoms with Crippen LogP contribution in [-0.4, -0.2) is 10.9 Å². The van der Waals surface area contributed by atoms with Crippen molar-refractivity contribution in [3.8, 4) is 0 Å². The van der Waals surface area contributed by atoms with Crippen LogP contribution in [0.3, 0.4) is 0 Å². The Balaban J connectivity index is 1.95. The Hall–Kier alpha value is -2.00. The van der Waals surface area contributed by atoms with Gasteiger partial charge in [-0.3, -0.25) is 0 Å². The maximum absolute atomic E-state index is 6.28. The minimum absolute atomic E-state index is 0.0841. The lowest BCUT2D eigenvalue weighted by atomic mass is 10.0. The molecule has 3 nitrogen and oxygen atoms in total.